The number of thiocarbonyl (C=S) groups is 1. The number of aromatic nitrogens is 1. The van der Waals surface area contributed by atoms with E-state index < -0.39 is 0 Å². The summed E-state index contributed by atoms with van der Waals surface area (Å²) in [5.74, 6) is 0.331. The second kappa shape index (κ2) is 9.28. The van der Waals surface area contributed by atoms with E-state index in [-0.39, 0.29) is 11.0 Å². The van der Waals surface area contributed by atoms with Crippen LogP contribution in [0.25, 0.3) is 22.6 Å². The van der Waals surface area contributed by atoms with Crippen LogP contribution in [0.5, 0.6) is 0 Å². The van der Waals surface area contributed by atoms with Crippen molar-refractivity contribution in [3.8, 4) is 11.5 Å². The van der Waals surface area contributed by atoms with E-state index in [1.807, 2.05) is 41.8 Å². The number of oxazole rings is 1. The molecule has 0 saturated heterocycles. The second-order valence-corrected chi connectivity index (χ2v) is 8.16. The van der Waals surface area contributed by atoms with Gasteiger partial charge in [-0.05, 0) is 80.0 Å². The third-order valence-corrected chi connectivity index (χ3v) is 5.93. The van der Waals surface area contributed by atoms with Crippen LogP contribution in [0.4, 0.5) is 11.4 Å². The van der Waals surface area contributed by atoms with Gasteiger partial charge in [0.2, 0.25) is 5.89 Å². The standard InChI is InChI=1S/C23H22N4O2S2/c1-3-27(4-2)17-10-7-15(8-11-17)22-25-18-14-16(9-12-19(18)29-22)24-23(30)26-21(28)20-6-5-13-31-20/h5-14H,3-4H2,1-2H3,(H2,24,26,28,30). The number of hydrogen-bond acceptors (Lipinski definition) is 6. The molecule has 2 heterocycles. The fraction of sp³-hybridized carbons (Fsp3) is 0.174. The van der Waals surface area contributed by atoms with Gasteiger partial charge in [-0.25, -0.2) is 4.98 Å². The highest BCUT2D eigenvalue weighted by Gasteiger charge is 2.12. The van der Waals surface area contributed by atoms with E-state index in [1.165, 1.54) is 17.0 Å². The van der Waals surface area contributed by atoms with Gasteiger partial charge in [0.25, 0.3) is 5.91 Å². The average molecular weight is 451 g/mol. The summed E-state index contributed by atoms with van der Waals surface area (Å²) in [6.45, 7) is 6.21. The molecule has 0 fully saturated rings. The molecule has 158 valence electrons. The van der Waals surface area contributed by atoms with E-state index in [0.29, 0.717) is 21.9 Å². The molecule has 0 saturated carbocycles. The molecule has 0 aliphatic heterocycles. The van der Waals surface area contributed by atoms with Crippen LogP contribution >= 0.6 is 23.6 Å². The molecule has 2 N–H and O–H groups in total. The van der Waals surface area contributed by atoms with Crippen LogP contribution in [0.3, 0.4) is 0 Å². The molecule has 1 amide bonds. The molecule has 0 spiro atoms. The third-order valence-electron chi connectivity index (χ3n) is 4.86. The smallest absolute Gasteiger partial charge is 0.267 e. The van der Waals surface area contributed by atoms with Gasteiger partial charge in [-0.2, -0.15) is 0 Å². The van der Waals surface area contributed by atoms with Crippen molar-refractivity contribution >= 4 is 57.0 Å². The van der Waals surface area contributed by atoms with Gasteiger partial charge < -0.3 is 14.6 Å². The molecule has 4 aromatic rings. The van der Waals surface area contributed by atoms with Crippen molar-refractivity contribution in [3.05, 3.63) is 64.9 Å². The van der Waals surface area contributed by atoms with Crippen LogP contribution in [0.1, 0.15) is 23.5 Å². The Morgan fingerprint density at radius 2 is 1.90 bits per heavy atom. The molecule has 0 radical (unpaired) electrons. The summed E-state index contributed by atoms with van der Waals surface area (Å²) in [4.78, 5) is 19.6. The maximum absolute atomic E-state index is 12.1. The van der Waals surface area contributed by atoms with Crippen LogP contribution in [-0.4, -0.2) is 29.1 Å². The number of hydrogen-bond donors (Lipinski definition) is 2. The van der Waals surface area contributed by atoms with Crippen molar-refractivity contribution < 1.29 is 9.21 Å². The van der Waals surface area contributed by atoms with E-state index in [9.17, 15) is 4.79 Å². The molecule has 0 aliphatic rings. The number of fused-ring (bicyclic) bond motifs is 1. The molecular weight excluding hydrogens is 428 g/mol. The summed E-state index contributed by atoms with van der Waals surface area (Å²) in [7, 11) is 0. The second-order valence-electron chi connectivity index (χ2n) is 6.81. The quantitative estimate of drug-likeness (QED) is 0.377. The summed E-state index contributed by atoms with van der Waals surface area (Å²) in [5.41, 5.74) is 4.21. The van der Waals surface area contributed by atoms with Crippen LogP contribution in [0.15, 0.2) is 64.4 Å². The number of carbonyl (C=O) groups excluding carboxylic acids is 1. The Balaban J connectivity index is 1.48. The molecular formula is C23H22N4O2S2. The maximum Gasteiger partial charge on any atom is 0.267 e. The highest BCUT2D eigenvalue weighted by Crippen LogP contribution is 2.28. The van der Waals surface area contributed by atoms with Gasteiger partial charge >= 0.3 is 0 Å². The Hall–Kier alpha value is -3.23. The van der Waals surface area contributed by atoms with Crippen molar-refractivity contribution in [3.63, 3.8) is 0 Å². The van der Waals surface area contributed by atoms with Gasteiger partial charge in [-0.1, -0.05) is 6.07 Å². The molecule has 4 rings (SSSR count). The van der Waals surface area contributed by atoms with Crippen molar-refractivity contribution in [1.82, 2.24) is 10.3 Å². The topological polar surface area (TPSA) is 70.4 Å². The normalized spacial score (nSPS) is 10.8. The molecule has 2 aromatic carbocycles. The lowest BCUT2D eigenvalue weighted by Crippen LogP contribution is -2.33. The van der Waals surface area contributed by atoms with Crippen LogP contribution in [0, 0.1) is 0 Å². The van der Waals surface area contributed by atoms with Gasteiger partial charge in [-0.3, -0.25) is 10.1 Å². The summed E-state index contributed by atoms with van der Waals surface area (Å²) in [6, 6.07) is 17.3. The molecule has 6 nitrogen and oxygen atoms in total. The number of carbonyl (C=O) groups is 1. The summed E-state index contributed by atoms with van der Waals surface area (Å²) in [5, 5.41) is 7.78. The van der Waals surface area contributed by atoms with Crippen molar-refractivity contribution in [2.24, 2.45) is 0 Å². The Morgan fingerprint density at radius 3 is 2.58 bits per heavy atom. The zero-order valence-electron chi connectivity index (χ0n) is 17.2. The highest BCUT2D eigenvalue weighted by atomic mass is 32.1. The third kappa shape index (κ3) is 4.76. The number of nitrogens with zero attached hydrogens (tertiary/aromatic N) is 2. The van der Waals surface area contributed by atoms with E-state index in [0.717, 1.165) is 24.3 Å². The van der Waals surface area contributed by atoms with Crippen LogP contribution < -0.4 is 15.5 Å². The highest BCUT2D eigenvalue weighted by molar-refractivity contribution is 7.80. The van der Waals surface area contributed by atoms with Gasteiger partial charge in [0.15, 0.2) is 10.7 Å². The largest absolute Gasteiger partial charge is 0.436 e. The van der Waals surface area contributed by atoms with Gasteiger partial charge in [0.05, 0.1) is 4.88 Å². The predicted molar refractivity (Wildman–Crippen MR) is 131 cm³/mol. The minimum Gasteiger partial charge on any atom is -0.436 e. The van der Waals surface area contributed by atoms with E-state index >= 15 is 0 Å². The summed E-state index contributed by atoms with van der Waals surface area (Å²) < 4.78 is 5.93. The van der Waals surface area contributed by atoms with Crippen molar-refractivity contribution in [2.45, 2.75) is 13.8 Å². The zero-order valence-corrected chi connectivity index (χ0v) is 18.8. The minimum absolute atomic E-state index is 0.230. The molecule has 2 aromatic heterocycles. The Labute approximate surface area is 189 Å². The number of anilines is 2. The van der Waals surface area contributed by atoms with Crippen LogP contribution in [-0.2, 0) is 0 Å². The number of amides is 1. The van der Waals surface area contributed by atoms with E-state index in [2.05, 4.69) is 46.5 Å². The number of thiophene rings is 1. The molecule has 0 bridgehead atoms. The van der Waals surface area contributed by atoms with Crippen LogP contribution in [0.2, 0.25) is 0 Å². The van der Waals surface area contributed by atoms with Gasteiger partial charge in [0, 0.05) is 30.0 Å². The maximum atomic E-state index is 12.1. The average Bonchev–Trinajstić information content (AvgIpc) is 3.45. The van der Waals surface area contributed by atoms with Gasteiger partial charge in [0.1, 0.15) is 5.52 Å². The Bertz CT molecular complexity index is 1200. The number of rotatable bonds is 6. The lowest BCUT2D eigenvalue weighted by atomic mass is 10.2. The molecule has 0 atom stereocenters. The number of nitrogens with one attached hydrogen (secondary N) is 2. The fourth-order valence-electron chi connectivity index (χ4n) is 3.27. The van der Waals surface area contributed by atoms with Gasteiger partial charge in [-0.15, -0.1) is 11.3 Å². The Morgan fingerprint density at radius 1 is 1.13 bits per heavy atom. The minimum atomic E-state index is -0.231. The molecule has 0 aliphatic carbocycles. The monoisotopic (exact) mass is 450 g/mol. The van der Waals surface area contributed by atoms with Crippen molar-refractivity contribution in [2.75, 3.05) is 23.3 Å². The lowest BCUT2D eigenvalue weighted by Gasteiger charge is -2.20. The first-order chi connectivity index (χ1) is 15.1. The SMILES string of the molecule is CCN(CC)c1ccc(-c2nc3cc(NC(=S)NC(=O)c4cccs4)ccc3o2)cc1. The fourth-order valence-corrected chi connectivity index (χ4v) is 4.10. The zero-order chi connectivity index (χ0) is 21.8. The Kier molecular flexibility index (Phi) is 6.29. The first-order valence-electron chi connectivity index (χ1n) is 9.99. The lowest BCUT2D eigenvalue weighted by molar-refractivity contribution is 0.0981. The van der Waals surface area contributed by atoms with Crippen molar-refractivity contribution in [1.29, 1.82) is 0 Å². The molecule has 31 heavy (non-hydrogen) atoms. The summed E-state index contributed by atoms with van der Waals surface area (Å²) in [6.07, 6.45) is 0. The molecule has 8 heteroatoms. The number of benzene rings is 2. The summed E-state index contributed by atoms with van der Waals surface area (Å²) >= 11 is 6.62. The van der Waals surface area contributed by atoms with E-state index in [4.69, 9.17) is 16.6 Å². The molecule has 0 unspecified atom stereocenters. The van der Waals surface area contributed by atoms with E-state index in [1.54, 1.807) is 6.07 Å². The first-order valence-corrected chi connectivity index (χ1v) is 11.3. The predicted octanol–water partition coefficient (Wildman–Crippen LogP) is 5.53. The first kappa shape index (κ1) is 21.0.